The zero-order valence-electron chi connectivity index (χ0n) is 32.0. The standard InChI is InChI=1S/C43H66O10/c1-3-5-7-9-11-13-15-17-18-20-22-24-26-28-30-32-39(46)52-36(35-51-43-42(49)41(48)40(47)37(33-44)53-43)34-50-38(45)31-29-27-25-23-21-19-16-14-12-10-8-6-4-2/h5-8,11-14,17-19,21-22,24,28,30,36-37,40-44,47-49H,3-4,9-10,15-16,20,23,25-27,29,31-35H2,1-2H3/b7-5-,8-6-,13-11-,14-12-,18-17-,21-19-,24-22-,30-28-. The number of ether oxygens (including phenoxy) is 4. The van der Waals surface area contributed by atoms with E-state index in [2.05, 4.69) is 92.8 Å². The fraction of sp³-hybridized carbons (Fsp3) is 0.581. The van der Waals surface area contributed by atoms with E-state index in [9.17, 15) is 30.0 Å². The van der Waals surface area contributed by atoms with Crippen molar-refractivity contribution in [1.82, 2.24) is 0 Å². The van der Waals surface area contributed by atoms with Crippen molar-refractivity contribution < 1.29 is 49.0 Å². The van der Waals surface area contributed by atoms with E-state index in [1.54, 1.807) is 6.08 Å². The Balaban J connectivity index is 2.50. The lowest BCUT2D eigenvalue weighted by Crippen LogP contribution is -2.59. The van der Waals surface area contributed by atoms with Crippen LogP contribution in [0, 0.1) is 0 Å². The molecule has 0 spiro atoms. The van der Waals surface area contributed by atoms with Gasteiger partial charge in [-0.15, -0.1) is 0 Å². The molecule has 0 aromatic heterocycles. The number of unbranched alkanes of at least 4 members (excludes halogenated alkanes) is 3. The number of aliphatic hydroxyl groups excluding tert-OH is 4. The molecule has 1 saturated heterocycles. The second-order valence-corrected chi connectivity index (χ2v) is 12.6. The molecule has 1 aliphatic rings. The highest BCUT2D eigenvalue weighted by atomic mass is 16.7. The largest absolute Gasteiger partial charge is 0.462 e. The molecular weight excluding hydrogens is 676 g/mol. The summed E-state index contributed by atoms with van der Waals surface area (Å²) < 4.78 is 21.9. The minimum absolute atomic E-state index is 0.0148. The zero-order valence-corrected chi connectivity index (χ0v) is 32.0. The lowest BCUT2D eigenvalue weighted by Gasteiger charge is -2.39. The number of carbonyl (C=O) groups is 2. The molecule has 1 fully saturated rings. The van der Waals surface area contributed by atoms with Crippen molar-refractivity contribution in [2.24, 2.45) is 0 Å². The molecule has 0 aromatic carbocycles. The molecule has 53 heavy (non-hydrogen) atoms. The first-order valence-corrected chi connectivity index (χ1v) is 19.3. The summed E-state index contributed by atoms with van der Waals surface area (Å²) in [7, 11) is 0. The Morgan fingerprint density at radius 1 is 0.604 bits per heavy atom. The summed E-state index contributed by atoms with van der Waals surface area (Å²) in [5.41, 5.74) is 0. The molecule has 0 amide bonds. The monoisotopic (exact) mass is 742 g/mol. The number of allylic oxidation sites excluding steroid dienone is 15. The number of carbonyl (C=O) groups excluding carboxylic acids is 2. The minimum atomic E-state index is -1.62. The topological polar surface area (TPSA) is 152 Å². The van der Waals surface area contributed by atoms with Crippen molar-refractivity contribution >= 4 is 11.9 Å². The van der Waals surface area contributed by atoms with Crippen LogP contribution in [0.5, 0.6) is 0 Å². The molecule has 10 nitrogen and oxygen atoms in total. The lowest BCUT2D eigenvalue weighted by atomic mass is 9.99. The summed E-state index contributed by atoms with van der Waals surface area (Å²) in [6.45, 7) is 3.02. The van der Waals surface area contributed by atoms with Gasteiger partial charge in [-0.3, -0.25) is 9.59 Å². The van der Waals surface area contributed by atoms with Gasteiger partial charge in [-0.05, 0) is 70.6 Å². The number of hydrogen-bond acceptors (Lipinski definition) is 10. The molecule has 1 heterocycles. The lowest BCUT2D eigenvalue weighted by molar-refractivity contribution is -0.305. The van der Waals surface area contributed by atoms with Gasteiger partial charge < -0.3 is 39.4 Å². The fourth-order valence-corrected chi connectivity index (χ4v) is 4.98. The third-order valence-electron chi connectivity index (χ3n) is 8.00. The van der Waals surface area contributed by atoms with E-state index >= 15 is 0 Å². The summed E-state index contributed by atoms with van der Waals surface area (Å²) >= 11 is 0. The van der Waals surface area contributed by atoms with Crippen molar-refractivity contribution in [3.8, 4) is 0 Å². The van der Waals surface area contributed by atoms with Gasteiger partial charge in [0.15, 0.2) is 12.4 Å². The van der Waals surface area contributed by atoms with Crippen molar-refractivity contribution in [3.05, 3.63) is 97.2 Å². The Morgan fingerprint density at radius 2 is 1.11 bits per heavy atom. The van der Waals surface area contributed by atoms with Gasteiger partial charge in [-0.2, -0.15) is 0 Å². The Hall–Kier alpha value is -3.38. The molecule has 298 valence electrons. The highest BCUT2D eigenvalue weighted by molar-refractivity contribution is 5.71. The zero-order chi connectivity index (χ0) is 38.8. The number of rotatable bonds is 29. The average molecular weight is 743 g/mol. The maximum atomic E-state index is 12.6. The van der Waals surface area contributed by atoms with Crippen molar-refractivity contribution in [1.29, 1.82) is 0 Å². The van der Waals surface area contributed by atoms with E-state index in [1.807, 2.05) is 12.2 Å². The summed E-state index contributed by atoms with van der Waals surface area (Å²) in [5, 5.41) is 39.9. The molecule has 10 heteroatoms. The molecule has 0 bridgehead atoms. The van der Waals surface area contributed by atoms with E-state index in [0.717, 1.165) is 64.2 Å². The first-order chi connectivity index (χ1) is 25.8. The smallest absolute Gasteiger partial charge is 0.310 e. The van der Waals surface area contributed by atoms with Gasteiger partial charge in [0, 0.05) is 6.42 Å². The van der Waals surface area contributed by atoms with Gasteiger partial charge in [-0.1, -0.05) is 117 Å². The summed E-state index contributed by atoms with van der Waals surface area (Å²) in [6.07, 6.45) is 35.9. The van der Waals surface area contributed by atoms with Crippen LogP contribution in [-0.2, 0) is 28.5 Å². The predicted octanol–water partition coefficient (Wildman–Crippen LogP) is 7.21. The Bertz CT molecular complexity index is 1180. The van der Waals surface area contributed by atoms with Crippen LogP contribution in [0.2, 0.25) is 0 Å². The third kappa shape index (κ3) is 25.3. The van der Waals surface area contributed by atoms with Crippen LogP contribution >= 0.6 is 0 Å². The molecule has 6 atom stereocenters. The SMILES string of the molecule is CC/C=C\C/C=C\C/C=C\C/C=C\C/C=C\CC(=O)OC(COC(=O)CCCCC/C=C\C/C=C\C/C=C\CC)COC1OC(CO)C(O)C(O)C1O. The molecule has 0 saturated carbocycles. The predicted molar refractivity (Wildman–Crippen MR) is 210 cm³/mol. The minimum Gasteiger partial charge on any atom is -0.462 e. The van der Waals surface area contributed by atoms with Gasteiger partial charge in [-0.25, -0.2) is 0 Å². The summed E-state index contributed by atoms with van der Waals surface area (Å²) in [6, 6.07) is 0. The van der Waals surface area contributed by atoms with Gasteiger partial charge >= 0.3 is 11.9 Å². The van der Waals surface area contributed by atoms with Gasteiger partial charge in [0.2, 0.25) is 0 Å². The van der Waals surface area contributed by atoms with Crippen LogP contribution in [0.1, 0.15) is 104 Å². The summed E-state index contributed by atoms with van der Waals surface area (Å²) in [5.74, 6) is -1.00. The van der Waals surface area contributed by atoms with Crippen LogP contribution in [0.4, 0.5) is 0 Å². The van der Waals surface area contributed by atoms with Crippen LogP contribution in [0.3, 0.4) is 0 Å². The molecule has 4 N–H and O–H groups in total. The second-order valence-electron chi connectivity index (χ2n) is 12.6. The number of esters is 2. The van der Waals surface area contributed by atoms with Crippen molar-refractivity contribution in [2.75, 3.05) is 19.8 Å². The van der Waals surface area contributed by atoms with Crippen molar-refractivity contribution in [2.45, 2.75) is 141 Å². The van der Waals surface area contributed by atoms with E-state index in [0.29, 0.717) is 12.8 Å². The van der Waals surface area contributed by atoms with Gasteiger partial charge in [0.05, 0.1) is 19.6 Å². The van der Waals surface area contributed by atoms with Crippen LogP contribution < -0.4 is 0 Å². The molecule has 1 rings (SSSR count). The normalized spacial score (nSPS) is 22.0. The molecule has 0 aliphatic carbocycles. The van der Waals surface area contributed by atoms with Crippen LogP contribution in [-0.4, -0.2) is 89.0 Å². The number of hydrogen-bond donors (Lipinski definition) is 4. The Kier molecular flexibility index (Phi) is 29.9. The van der Waals surface area contributed by atoms with Crippen molar-refractivity contribution in [3.63, 3.8) is 0 Å². The second kappa shape index (κ2) is 33.2. The Morgan fingerprint density at radius 3 is 1.64 bits per heavy atom. The van der Waals surface area contributed by atoms with E-state index in [-0.39, 0.29) is 26.1 Å². The molecular formula is C43H66O10. The quantitative estimate of drug-likeness (QED) is 0.0352. The highest BCUT2D eigenvalue weighted by Crippen LogP contribution is 2.22. The molecule has 1 aliphatic heterocycles. The molecule has 6 unspecified atom stereocenters. The Labute approximate surface area is 317 Å². The average Bonchev–Trinajstić information content (AvgIpc) is 3.15. The summed E-state index contributed by atoms with van der Waals surface area (Å²) in [4.78, 5) is 25.1. The fourth-order valence-electron chi connectivity index (χ4n) is 4.98. The van der Waals surface area contributed by atoms with E-state index < -0.39 is 55.4 Å². The highest BCUT2D eigenvalue weighted by Gasteiger charge is 2.44. The van der Waals surface area contributed by atoms with E-state index in [4.69, 9.17) is 18.9 Å². The first kappa shape index (κ1) is 47.6. The molecule has 0 aromatic rings. The van der Waals surface area contributed by atoms with Gasteiger partial charge in [0.1, 0.15) is 31.0 Å². The maximum absolute atomic E-state index is 12.6. The third-order valence-corrected chi connectivity index (χ3v) is 8.00. The van der Waals surface area contributed by atoms with E-state index in [1.165, 1.54) is 0 Å². The van der Waals surface area contributed by atoms with Crippen LogP contribution in [0.25, 0.3) is 0 Å². The number of aliphatic hydroxyl groups is 4. The molecule has 0 radical (unpaired) electrons. The maximum Gasteiger partial charge on any atom is 0.310 e. The first-order valence-electron chi connectivity index (χ1n) is 19.3. The van der Waals surface area contributed by atoms with Gasteiger partial charge in [0.25, 0.3) is 0 Å². The van der Waals surface area contributed by atoms with Crippen LogP contribution in [0.15, 0.2) is 97.2 Å².